The van der Waals surface area contributed by atoms with Gasteiger partial charge in [0, 0.05) is 24.1 Å². The number of alkyl halides is 3. The van der Waals surface area contributed by atoms with E-state index in [0.717, 1.165) is 13.2 Å². The van der Waals surface area contributed by atoms with Crippen LogP contribution in [0.4, 0.5) is 23.7 Å². The van der Waals surface area contributed by atoms with Crippen molar-refractivity contribution in [2.75, 3.05) is 7.11 Å². The van der Waals surface area contributed by atoms with Crippen molar-refractivity contribution >= 4 is 17.7 Å². The van der Waals surface area contributed by atoms with Crippen LogP contribution in [0, 0.1) is 10.1 Å². The Bertz CT molecular complexity index is 743. The van der Waals surface area contributed by atoms with Crippen LogP contribution in [-0.4, -0.2) is 35.7 Å². The highest BCUT2D eigenvalue weighted by Crippen LogP contribution is 2.33. The summed E-state index contributed by atoms with van der Waals surface area (Å²) in [4.78, 5) is 33.9. The van der Waals surface area contributed by atoms with E-state index >= 15 is 0 Å². The van der Waals surface area contributed by atoms with Crippen LogP contribution in [-0.2, 0) is 26.9 Å². The molecule has 0 saturated heterocycles. The average molecular weight is 406 g/mol. The summed E-state index contributed by atoms with van der Waals surface area (Å²) in [5, 5.41) is 13.5. The number of nitro groups is 1. The van der Waals surface area contributed by atoms with Gasteiger partial charge in [0.1, 0.15) is 5.60 Å². The molecule has 1 aromatic carbocycles. The predicted octanol–water partition coefficient (Wildman–Crippen LogP) is 3.61. The summed E-state index contributed by atoms with van der Waals surface area (Å²) in [7, 11) is 1.10. The van der Waals surface area contributed by atoms with Gasteiger partial charge in [0.15, 0.2) is 0 Å². The maximum Gasteiger partial charge on any atom is 0.416 e. The van der Waals surface area contributed by atoms with Crippen molar-refractivity contribution < 1.29 is 37.2 Å². The van der Waals surface area contributed by atoms with Crippen LogP contribution < -0.4 is 5.32 Å². The van der Waals surface area contributed by atoms with Crippen LogP contribution in [0.1, 0.15) is 38.3 Å². The fraction of sp³-hybridized carbons (Fsp3) is 0.529. The van der Waals surface area contributed by atoms with Gasteiger partial charge in [-0.25, -0.2) is 4.79 Å². The van der Waals surface area contributed by atoms with Gasteiger partial charge >= 0.3 is 18.2 Å². The van der Waals surface area contributed by atoms with E-state index in [1.54, 1.807) is 20.8 Å². The zero-order valence-electron chi connectivity index (χ0n) is 15.8. The second kappa shape index (κ2) is 8.89. The van der Waals surface area contributed by atoms with Crippen LogP contribution in [0.25, 0.3) is 0 Å². The van der Waals surface area contributed by atoms with E-state index in [4.69, 9.17) is 4.74 Å². The molecule has 8 nitrogen and oxygen atoms in total. The van der Waals surface area contributed by atoms with Crippen LogP contribution in [0.2, 0.25) is 0 Å². The van der Waals surface area contributed by atoms with E-state index in [-0.39, 0.29) is 5.56 Å². The highest BCUT2D eigenvalue weighted by atomic mass is 19.4. The maximum absolute atomic E-state index is 13.0. The first kappa shape index (κ1) is 23.2. The molecule has 0 fully saturated rings. The SMILES string of the molecule is COC(=O)CC(Cc1cc(C(F)(F)F)ccc1[N+](=O)[O-])NC(=O)OC(C)(C)C. The second-order valence-corrected chi connectivity index (χ2v) is 6.93. The van der Waals surface area contributed by atoms with E-state index in [2.05, 4.69) is 10.1 Å². The lowest BCUT2D eigenvalue weighted by Crippen LogP contribution is -2.41. The summed E-state index contributed by atoms with van der Waals surface area (Å²) < 4.78 is 48.5. The Morgan fingerprint density at radius 2 is 1.86 bits per heavy atom. The first-order chi connectivity index (χ1) is 12.7. The van der Waals surface area contributed by atoms with Gasteiger partial charge in [-0.1, -0.05) is 0 Å². The van der Waals surface area contributed by atoms with Gasteiger partial charge in [0.05, 0.1) is 24.0 Å². The van der Waals surface area contributed by atoms with Crippen molar-refractivity contribution in [1.82, 2.24) is 5.32 Å². The number of ether oxygens (including phenoxy) is 2. The molecule has 1 amide bonds. The fourth-order valence-electron chi connectivity index (χ4n) is 2.30. The normalized spacial score (nSPS) is 12.8. The van der Waals surface area contributed by atoms with Crippen LogP contribution >= 0.6 is 0 Å². The Morgan fingerprint density at radius 3 is 2.32 bits per heavy atom. The zero-order valence-corrected chi connectivity index (χ0v) is 15.8. The van der Waals surface area contributed by atoms with Crippen LogP contribution in [0.3, 0.4) is 0 Å². The Morgan fingerprint density at radius 1 is 1.25 bits per heavy atom. The van der Waals surface area contributed by atoms with Crippen molar-refractivity contribution in [2.24, 2.45) is 0 Å². The molecule has 0 saturated carbocycles. The number of amides is 1. The van der Waals surface area contributed by atoms with Gasteiger partial charge in [-0.05, 0) is 32.9 Å². The number of nitrogens with one attached hydrogen (secondary N) is 1. The first-order valence-electron chi connectivity index (χ1n) is 8.13. The van der Waals surface area contributed by atoms with E-state index in [9.17, 15) is 32.9 Å². The van der Waals surface area contributed by atoms with Crippen LogP contribution in [0.15, 0.2) is 18.2 Å². The molecule has 0 aliphatic rings. The smallest absolute Gasteiger partial charge is 0.416 e. The number of rotatable bonds is 6. The lowest BCUT2D eigenvalue weighted by Gasteiger charge is -2.23. The molecular formula is C17H21F3N2O6. The number of nitro benzene ring substituents is 1. The summed E-state index contributed by atoms with van der Waals surface area (Å²) in [6, 6.07) is 0.877. The summed E-state index contributed by atoms with van der Waals surface area (Å²) in [6.07, 6.45) is -6.45. The summed E-state index contributed by atoms with van der Waals surface area (Å²) in [5.41, 5.74) is -2.79. The summed E-state index contributed by atoms with van der Waals surface area (Å²) in [5.74, 6) is -0.754. The number of alkyl carbamates (subject to hydrolysis) is 1. The lowest BCUT2D eigenvalue weighted by molar-refractivity contribution is -0.385. The molecule has 0 aliphatic heterocycles. The number of carbonyl (C=O) groups is 2. The molecule has 1 aromatic rings. The number of benzene rings is 1. The third kappa shape index (κ3) is 7.41. The van der Waals surface area contributed by atoms with Gasteiger partial charge in [-0.15, -0.1) is 0 Å². The van der Waals surface area contributed by atoms with E-state index in [0.29, 0.717) is 12.1 Å². The molecule has 0 bridgehead atoms. The third-order valence-corrected chi connectivity index (χ3v) is 3.43. The van der Waals surface area contributed by atoms with E-state index in [1.165, 1.54) is 0 Å². The van der Waals surface area contributed by atoms with E-state index in [1.807, 2.05) is 0 Å². The average Bonchev–Trinajstić information content (AvgIpc) is 2.51. The Kier molecular flexibility index (Phi) is 7.36. The first-order valence-corrected chi connectivity index (χ1v) is 8.13. The Hall–Kier alpha value is -2.85. The van der Waals surface area contributed by atoms with Crippen LogP contribution in [0.5, 0.6) is 0 Å². The zero-order chi connectivity index (χ0) is 21.7. The van der Waals surface area contributed by atoms with Crippen molar-refractivity contribution in [3.63, 3.8) is 0 Å². The standard InChI is InChI=1S/C17H21F3N2O6/c1-16(2,3)28-15(24)21-12(9-14(23)27-4)8-10-7-11(17(18,19)20)5-6-13(10)22(25)26/h5-7,12H,8-9H2,1-4H3,(H,21,24). The van der Waals surface area contributed by atoms with Crippen molar-refractivity contribution in [1.29, 1.82) is 0 Å². The number of halogens is 3. The number of carbonyl (C=O) groups excluding carboxylic acids is 2. The molecule has 0 spiro atoms. The molecule has 0 radical (unpaired) electrons. The molecule has 0 heterocycles. The fourth-order valence-corrected chi connectivity index (χ4v) is 2.30. The largest absolute Gasteiger partial charge is 0.469 e. The lowest BCUT2D eigenvalue weighted by atomic mass is 9.99. The van der Waals surface area contributed by atoms with Gasteiger partial charge in [0.2, 0.25) is 0 Å². The summed E-state index contributed by atoms with van der Waals surface area (Å²) >= 11 is 0. The van der Waals surface area contributed by atoms with Crippen molar-refractivity contribution in [3.05, 3.63) is 39.4 Å². The highest BCUT2D eigenvalue weighted by Gasteiger charge is 2.33. The number of nitrogens with zero attached hydrogens (tertiary/aromatic N) is 1. The molecule has 1 unspecified atom stereocenters. The van der Waals surface area contributed by atoms with Gasteiger partial charge in [-0.3, -0.25) is 14.9 Å². The Balaban J connectivity index is 3.20. The molecule has 156 valence electrons. The highest BCUT2D eigenvalue weighted by molar-refractivity contribution is 5.73. The molecule has 11 heteroatoms. The van der Waals surface area contributed by atoms with Crippen molar-refractivity contribution in [2.45, 2.75) is 51.4 Å². The minimum absolute atomic E-state index is 0.287. The van der Waals surface area contributed by atoms with Gasteiger partial charge in [0.25, 0.3) is 5.69 Å². The molecule has 0 aromatic heterocycles. The second-order valence-electron chi connectivity index (χ2n) is 6.93. The van der Waals surface area contributed by atoms with Gasteiger partial charge in [-0.2, -0.15) is 13.2 Å². The van der Waals surface area contributed by atoms with Crippen molar-refractivity contribution in [3.8, 4) is 0 Å². The van der Waals surface area contributed by atoms with E-state index < -0.39 is 58.9 Å². The number of hydrogen-bond acceptors (Lipinski definition) is 6. The van der Waals surface area contributed by atoms with Gasteiger partial charge < -0.3 is 14.8 Å². The molecular weight excluding hydrogens is 385 g/mol. The number of hydrogen-bond donors (Lipinski definition) is 1. The monoisotopic (exact) mass is 406 g/mol. The number of esters is 1. The molecule has 1 atom stereocenters. The minimum Gasteiger partial charge on any atom is -0.469 e. The Labute approximate surface area is 159 Å². The topological polar surface area (TPSA) is 108 Å². The summed E-state index contributed by atoms with van der Waals surface area (Å²) in [6.45, 7) is 4.79. The molecule has 0 aliphatic carbocycles. The predicted molar refractivity (Wildman–Crippen MR) is 91.6 cm³/mol. The number of methoxy groups -OCH3 is 1. The quantitative estimate of drug-likeness (QED) is 0.439. The molecule has 28 heavy (non-hydrogen) atoms. The third-order valence-electron chi connectivity index (χ3n) is 3.43. The molecule has 1 N–H and O–H groups in total. The molecule has 1 rings (SSSR count). The minimum atomic E-state index is -4.71. The maximum atomic E-state index is 13.0.